The summed E-state index contributed by atoms with van der Waals surface area (Å²) in [4.78, 5) is 8.50. The molecule has 0 aromatic carbocycles. The Kier molecular flexibility index (Phi) is 3.84. The maximum Gasteiger partial charge on any atom is 0.155 e. The highest BCUT2D eigenvalue weighted by Crippen LogP contribution is 2.11. The van der Waals surface area contributed by atoms with E-state index in [0.717, 1.165) is 34.7 Å². The standard InChI is InChI=1S/C14H15BrN4O/c1-10(5-12-3-2-4-20-12)16-6-11-7-18-14-8-17-13(15)9-19(11)14/h2-4,7-10,16H,5-6H2,1H3. The van der Waals surface area contributed by atoms with Gasteiger partial charge in [-0.1, -0.05) is 0 Å². The third kappa shape index (κ3) is 2.91. The molecule has 20 heavy (non-hydrogen) atoms. The van der Waals surface area contributed by atoms with E-state index in [1.165, 1.54) is 0 Å². The van der Waals surface area contributed by atoms with Crippen molar-refractivity contribution in [2.24, 2.45) is 0 Å². The zero-order valence-electron chi connectivity index (χ0n) is 11.1. The molecule has 3 aromatic rings. The van der Waals surface area contributed by atoms with E-state index in [1.807, 2.05) is 28.9 Å². The van der Waals surface area contributed by atoms with Gasteiger partial charge in [0.2, 0.25) is 0 Å². The van der Waals surface area contributed by atoms with Crippen molar-refractivity contribution in [2.45, 2.75) is 25.9 Å². The van der Waals surface area contributed by atoms with Crippen molar-refractivity contribution in [3.05, 3.63) is 53.0 Å². The number of halogens is 1. The minimum absolute atomic E-state index is 0.331. The van der Waals surface area contributed by atoms with Gasteiger partial charge in [0.05, 0.1) is 24.4 Å². The van der Waals surface area contributed by atoms with Gasteiger partial charge in [-0.3, -0.25) is 4.40 Å². The first-order valence-electron chi connectivity index (χ1n) is 6.45. The van der Waals surface area contributed by atoms with Crippen LogP contribution in [0.1, 0.15) is 18.4 Å². The lowest BCUT2D eigenvalue weighted by molar-refractivity contribution is 0.454. The fraction of sp³-hybridized carbons (Fsp3) is 0.286. The molecule has 0 aliphatic carbocycles. The summed E-state index contributed by atoms with van der Waals surface area (Å²) >= 11 is 3.38. The number of imidazole rings is 1. The largest absolute Gasteiger partial charge is 0.469 e. The number of hydrogen-bond acceptors (Lipinski definition) is 4. The van der Waals surface area contributed by atoms with Crippen molar-refractivity contribution >= 4 is 21.6 Å². The van der Waals surface area contributed by atoms with Crippen molar-refractivity contribution in [1.82, 2.24) is 19.7 Å². The number of fused-ring (bicyclic) bond motifs is 1. The first-order chi connectivity index (χ1) is 9.72. The van der Waals surface area contributed by atoms with E-state index >= 15 is 0 Å². The molecule has 0 amide bonds. The maximum atomic E-state index is 5.36. The van der Waals surface area contributed by atoms with Crippen LogP contribution in [0.3, 0.4) is 0 Å². The van der Waals surface area contributed by atoms with Gasteiger partial charge >= 0.3 is 0 Å². The SMILES string of the molecule is CC(Cc1ccco1)NCc1cnc2cnc(Br)cn12. The third-order valence-corrected chi connectivity index (χ3v) is 3.57. The zero-order valence-corrected chi connectivity index (χ0v) is 12.7. The van der Waals surface area contributed by atoms with Crippen LogP contribution in [0.25, 0.3) is 5.65 Å². The molecule has 6 heteroatoms. The molecule has 0 bridgehead atoms. The van der Waals surface area contributed by atoms with Gasteiger partial charge in [0.1, 0.15) is 10.4 Å². The molecule has 0 aliphatic heterocycles. The zero-order chi connectivity index (χ0) is 13.9. The molecule has 3 rings (SSSR count). The van der Waals surface area contributed by atoms with E-state index in [4.69, 9.17) is 4.42 Å². The van der Waals surface area contributed by atoms with Gasteiger partial charge in [-0.25, -0.2) is 9.97 Å². The maximum absolute atomic E-state index is 5.36. The second-order valence-corrected chi connectivity index (χ2v) is 5.57. The van der Waals surface area contributed by atoms with Crippen LogP contribution in [0.4, 0.5) is 0 Å². The average molecular weight is 335 g/mol. The van der Waals surface area contributed by atoms with Crippen molar-refractivity contribution in [3.8, 4) is 0 Å². The lowest BCUT2D eigenvalue weighted by Crippen LogP contribution is -2.27. The Morgan fingerprint density at radius 1 is 1.40 bits per heavy atom. The van der Waals surface area contributed by atoms with Gasteiger partial charge in [0.15, 0.2) is 5.65 Å². The number of hydrogen-bond donors (Lipinski definition) is 1. The van der Waals surface area contributed by atoms with E-state index in [2.05, 4.69) is 38.1 Å². The highest BCUT2D eigenvalue weighted by atomic mass is 79.9. The van der Waals surface area contributed by atoms with Crippen LogP contribution in [0.2, 0.25) is 0 Å². The summed E-state index contributed by atoms with van der Waals surface area (Å²) in [5.74, 6) is 0.995. The van der Waals surface area contributed by atoms with Crippen LogP contribution in [-0.4, -0.2) is 20.4 Å². The van der Waals surface area contributed by atoms with E-state index < -0.39 is 0 Å². The van der Waals surface area contributed by atoms with Crippen LogP contribution in [-0.2, 0) is 13.0 Å². The first-order valence-corrected chi connectivity index (χ1v) is 7.25. The Hall–Kier alpha value is -1.66. The lowest BCUT2D eigenvalue weighted by Gasteiger charge is -2.12. The Labute approximate surface area is 125 Å². The Morgan fingerprint density at radius 2 is 2.30 bits per heavy atom. The fourth-order valence-electron chi connectivity index (χ4n) is 2.13. The second-order valence-electron chi connectivity index (χ2n) is 4.75. The second kappa shape index (κ2) is 5.76. The number of furan rings is 1. The number of aromatic nitrogens is 3. The van der Waals surface area contributed by atoms with E-state index in [1.54, 1.807) is 12.5 Å². The summed E-state index contributed by atoms with van der Waals surface area (Å²) in [6.45, 7) is 2.89. The Bertz CT molecular complexity index is 692. The fourth-order valence-corrected chi connectivity index (χ4v) is 2.44. The molecule has 1 unspecified atom stereocenters. The summed E-state index contributed by atoms with van der Waals surface area (Å²) in [5, 5.41) is 3.48. The molecule has 0 fully saturated rings. The topological polar surface area (TPSA) is 55.4 Å². The predicted octanol–water partition coefficient (Wildman–Crippen LogP) is 2.81. The molecule has 3 heterocycles. The minimum atomic E-state index is 0.331. The van der Waals surface area contributed by atoms with E-state index in [0.29, 0.717) is 6.04 Å². The molecule has 5 nitrogen and oxygen atoms in total. The molecule has 1 atom stereocenters. The third-order valence-electron chi connectivity index (χ3n) is 3.16. The Balaban J connectivity index is 1.66. The van der Waals surface area contributed by atoms with Crippen molar-refractivity contribution in [1.29, 1.82) is 0 Å². The highest BCUT2D eigenvalue weighted by Gasteiger charge is 2.08. The van der Waals surface area contributed by atoms with Gasteiger partial charge < -0.3 is 9.73 Å². The minimum Gasteiger partial charge on any atom is -0.469 e. The van der Waals surface area contributed by atoms with Gasteiger partial charge in [0.25, 0.3) is 0 Å². The van der Waals surface area contributed by atoms with Crippen LogP contribution >= 0.6 is 15.9 Å². The number of nitrogens with zero attached hydrogens (tertiary/aromatic N) is 3. The molecule has 0 radical (unpaired) electrons. The summed E-state index contributed by atoms with van der Waals surface area (Å²) in [7, 11) is 0. The van der Waals surface area contributed by atoms with E-state index in [-0.39, 0.29) is 0 Å². The van der Waals surface area contributed by atoms with Gasteiger partial charge in [-0.05, 0) is 35.0 Å². The molecule has 104 valence electrons. The summed E-state index contributed by atoms with van der Waals surface area (Å²) in [5.41, 5.74) is 1.96. The number of nitrogens with one attached hydrogen (secondary N) is 1. The molecule has 0 aliphatic rings. The number of rotatable bonds is 5. The van der Waals surface area contributed by atoms with Gasteiger partial charge in [-0.2, -0.15) is 0 Å². The normalized spacial score (nSPS) is 12.9. The van der Waals surface area contributed by atoms with Crippen molar-refractivity contribution in [3.63, 3.8) is 0 Å². The molecule has 0 saturated carbocycles. The van der Waals surface area contributed by atoms with Crippen LogP contribution < -0.4 is 5.32 Å². The molecule has 0 saturated heterocycles. The molecular weight excluding hydrogens is 320 g/mol. The summed E-state index contributed by atoms with van der Waals surface area (Å²) < 4.78 is 8.19. The lowest BCUT2D eigenvalue weighted by atomic mass is 10.2. The molecule has 1 N–H and O–H groups in total. The van der Waals surface area contributed by atoms with E-state index in [9.17, 15) is 0 Å². The summed E-state index contributed by atoms with van der Waals surface area (Å²) in [6.07, 6.45) is 8.12. The van der Waals surface area contributed by atoms with Crippen LogP contribution in [0.15, 0.2) is 46.0 Å². The summed E-state index contributed by atoms with van der Waals surface area (Å²) in [6, 6.07) is 4.24. The van der Waals surface area contributed by atoms with Crippen molar-refractivity contribution in [2.75, 3.05) is 0 Å². The Morgan fingerprint density at radius 3 is 3.10 bits per heavy atom. The highest BCUT2D eigenvalue weighted by molar-refractivity contribution is 9.10. The quantitative estimate of drug-likeness (QED) is 0.779. The van der Waals surface area contributed by atoms with Crippen LogP contribution in [0.5, 0.6) is 0 Å². The first kappa shape index (κ1) is 13.3. The molecular formula is C14H15BrN4O. The van der Waals surface area contributed by atoms with Gasteiger partial charge in [0, 0.05) is 25.2 Å². The molecule has 0 spiro atoms. The van der Waals surface area contributed by atoms with Crippen molar-refractivity contribution < 1.29 is 4.42 Å². The molecule has 3 aromatic heterocycles. The smallest absolute Gasteiger partial charge is 0.155 e. The van der Waals surface area contributed by atoms with Crippen LogP contribution in [0, 0.1) is 0 Å². The monoisotopic (exact) mass is 334 g/mol. The van der Waals surface area contributed by atoms with Gasteiger partial charge in [-0.15, -0.1) is 0 Å². The predicted molar refractivity (Wildman–Crippen MR) is 79.4 cm³/mol. The average Bonchev–Trinajstić information content (AvgIpc) is 3.05.